The zero-order valence-electron chi connectivity index (χ0n) is 19.0. The molecular formula is C27H21Cl2N5O2. The van der Waals surface area contributed by atoms with Gasteiger partial charge in [0.2, 0.25) is 0 Å². The van der Waals surface area contributed by atoms with Crippen LogP contribution < -0.4 is 10.1 Å². The summed E-state index contributed by atoms with van der Waals surface area (Å²) in [5, 5.41) is 12.5. The Kier molecular flexibility index (Phi) is 7.02. The number of hydrogen-bond acceptors (Lipinski definition) is 4. The Bertz CT molecular complexity index is 1460. The first-order chi connectivity index (χ1) is 17.5. The number of nitrogens with one attached hydrogen (secondary N) is 1. The Labute approximate surface area is 217 Å². The van der Waals surface area contributed by atoms with E-state index in [0.717, 1.165) is 16.7 Å². The average molecular weight is 518 g/mol. The van der Waals surface area contributed by atoms with Crippen molar-refractivity contribution in [3.8, 4) is 16.9 Å². The number of nitrogens with zero attached hydrogens (tertiary/aromatic N) is 4. The molecule has 0 unspecified atom stereocenters. The molecule has 0 aliphatic carbocycles. The van der Waals surface area contributed by atoms with E-state index in [2.05, 4.69) is 27.6 Å². The summed E-state index contributed by atoms with van der Waals surface area (Å²) < 4.78 is 9.02. The van der Waals surface area contributed by atoms with Gasteiger partial charge in [-0.2, -0.15) is 10.2 Å². The lowest BCUT2D eigenvalue weighted by Gasteiger charge is -2.07. The highest BCUT2D eigenvalue weighted by molar-refractivity contribution is 6.36. The van der Waals surface area contributed by atoms with Crippen molar-refractivity contribution < 1.29 is 9.53 Å². The van der Waals surface area contributed by atoms with Gasteiger partial charge in [-0.05, 0) is 41.5 Å². The van der Waals surface area contributed by atoms with Crippen molar-refractivity contribution in [2.24, 2.45) is 0 Å². The second-order valence-corrected chi connectivity index (χ2v) is 8.80. The van der Waals surface area contributed by atoms with Gasteiger partial charge < -0.3 is 10.1 Å². The van der Waals surface area contributed by atoms with E-state index in [1.165, 1.54) is 0 Å². The Morgan fingerprint density at radius 1 is 0.861 bits per heavy atom. The molecule has 2 aromatic heterocycles. The van der Waals surface area contributed by atoms with Crippen molar-refractivity contribution in [2.45, 2.75) is 13.3 Å². The highest BCUT2D eigenvalue weighted by atomic mass is 35.5. The van der Waals surface area contributed by atoms with Crippen LogP contribution >= 0.6 is 23.2 Å². The van der Waals surface area contributed by atoms with Crippen LogP contribution in [0.3, 0.4) is 0 Å². The highest BCUT2D eigenvalue weighted by Gasteiger charge is 2.13. The van der Waals surface area contributed by atoms with Gasteiger partial charge in [-0.3, -0.25) is 9.48 Å². The zero-order chi connectivity index (χ0) is 24.9. The Morgan fingerprint density at radius 2 is 1.58 bits per heavy atom. The Hall–Kier alpha value is -4.07. The van der Waals surface area contributed by atoms with E-state index in [-0.39, 0.29) is 18.3 Å². The number of ether oxygens (including phenoxy) is 1. The number of amides is 1. The van der Waals surface area contributed by atoms with Crippen LogP contribution in [0.5, 0.6) is 5.75 Å². The molecular weight excluding hydrogens is 497 g/mol. The molecule has 0 aliphatic heterocycles. The molecule has 2 heterocycles. The Balaban J connectivity index is 1.16. The Morgan fingerprint density at radius 3 is 2.33 bits per heavy atom. The van der Waals surface area contributed by atoms with Gasteiger partial charge in [-0.25, -0.2) is 4.68 Å². The maximum absolute atomic E-state index is 12.6. The molecule has 0 atom stereocenters. The van der Waals surface area contributed by atoms with Crippen molar-refractivity contribution in [1.82, 2.24) is 19.6 Å². The molecule has 3 aromatic carbocycles. The van der Waals surface area contributed by atoms with E-state index >= 15 is 0 Å². The number of anilines is 1. The van der Waals surface area contributed by atoms with Gasteiger partial charge in [0.05, 0.1) is 18.4 Å². The van der Waals surface area contributed by atoms with E-state index in [1.807, 2.05) is 42.5 Å². The molecule has 7 nitrogen and oxygen atoms in total. The van der Waals surface area contributed by atoms with Crippen molar-refractivity contribution in [2.75, 3.05) is 5.32 Å². The maximum Gasteiger partial charge on any atom is 0.276 e. The molecule has 180 valence electrons. The largest absolute Gasteiger partial charge is 0.471 e. The van der Waals surface area contributed by atoms with Crippen LogP contribution in [0.4, 0.5) is 5.69 Å². The summed E-state index contributed by atoms with van der Waals surface area (Å²) in [5.74, 6) is 0.360. The number of carbonyl (C=O) groups is 1. The molecule has 0 saturated carbocycles. The van der Waals surface area contributed by atoms with Crippen LogP contribution in [0.1, 0.15) is 16.1 Å². The first kappa shape index (κ1) is 23.7. The fraction of sp³-hybridized carbons (Fsp3) is 0.0741. The van der Waals surface area contributed by atoms with Gasteiger partial charge in [0.15, 0.2) is 12.4 Å². The predicted octanol–water partition coefficient (Wildman–Crippen LogP) is 6.39. The summed E-state index contributed by atoms with van der Waals surface area (Å²) in [6, 6.07) is 24.9. The highest BCUT2D eigenvalue weighted by Crippen LogP contribution is 2.25. The summed E-state index contributed by atoms with van der Waals surface area (Å²) in [6.45, 7) is 0.557. The lowest BCUT2D eigenvalue weighted by molar-refractivity contribution is 0.102. The molecule has 0 bridgehead atoms. The molecule has 0 spiro atoms. The number of hydrogen-bond donors (Lipinski definition) is 1. The normalized spacial score (nSPS) is 10.8. The second-order valence-electron chi connectivity index (χ2n) is 7.99. The molecule has 5 aromatic rings. The van der Waals surface area contributed by atoms with E-state index < -0.39 is 0 Å². The van der Waals surface area contributed by atoms with Crippen molar-refractivity contribution in [3.05, 3.63) is 119 Å². The summed E-state index contributed by atoms with van der Waals surface area (Å²) in [7, 11) is 0. The van der Waals surface area contributed by atoms with E-state index in [4.69, 9.17) is 27.9 Å². The summed E-state index contributed by atoms with van der Waals surface area (Å²) in [6.07, 6.45) is 4.95. The molecule has 0 aliphatic rings. The molecule has 1 N–H and O–H groups in total. The molecule has 0 fully saturated rings. The average Bonchev–Trinajstić information content (AvgIpc) is 3.56. The van der Waals surface area contributed by atoms with Crippen LogP contribution in [0, 0.1) is 0 Å². The van der Waals surface area contributed by atoms with Crippen molar-refractivity contribution >= 4 is 34.8 Å². The van der Waals surface area contributed by atoms with Crippen LogP contribution in [-0.2, 0) is 13.3 Å². The van der Waals surface area contributed by atoms with Crippen LogP contribution in [-0.4, -0.2) is 25.5 Å². The van der Waals surface area contributed by atoms with E-state index in [0.29, 0.717) is 28.0 Å². The van der Waals surface area contributed by atoms with E-state index in [1.54, 1.807) is 52.2 Å². The fourth-order valence-electron chi connectivity index (χ4n) is 3.62. The lowest BCUT2D eigenvalue weighted by atomic mass is 10.1. The van der Waals surface area contributed by atoms with E-state index in [9.17, 15) is 4.79 Å². The third-order valence-corrected chi connectivity index (χ3v) is 6.18. The minimum Gasteiger partial charge on any atom is -0.471 e. The minimum absolute atomic E-state index is 0.175. The van der Waals surface area contributed by atoms with Gasteiger partial charge in [0.25, 0.3) is 5.91 Å². The van der Waals surface area contributed by atoms with Crippen LogP contribution in [0.2, 0.25) is 10.0 Å². The lowest BCUT2D eigenvalue weighted by Crippen LogP contribution is -2.14. The molecule has 5 rings (SSSR count). The van der Waals surface area contributed by atoms with Gasteiger partial charge in [0.1, 0.15) is 5.75 Å². The standard InChI is InChI=1S/C27H21Cl2N5O2/c28-24-7-4-8-25(29)23(24)17-34-16-21(15-30-34)31-27(35)26-13-14-33(32-26)18-36-22-11-9-20(10-12-22)19-5-2-1-3-6-19/h1-16H,17-18H2,(H,31,35). The van der Waals surface area contributed by atoms with Crippen LogP contribution in [0.15, 0.2) is 97.5 Å². The SMILES string of the molecule is O=C(Nc1cnn(Cc2c(Cl)cccc2Cl)c1)c1ccn(COc2ccc(-c3ccccc3)cc2)n1. The van der Waals surface area contributed by atoms with Gasteiger partial charge in [0, 0.05) is 28.0 Å². The molecule has 0 saturated heterocycles. The smallest absolute Gasteiger partial charge is 0.276 e. The topological polar surface area (TPSA) is 74.0 Å². The number of rotatable bonds is 8. The molecule has 1 amide bonds. The summed E-state index contributed by atoms with van der Waals surface area (Å²) >= 11 is 12.5. The first-order valence-corrected chi connectivity index (χ1v) is 11.9. The van der Waals surface area contributed by atoms with Crippen molar-refractivity contribution in [1.29, 1.82) is 0 Å². The summed E-state index contributed by atoms with van der Waals surface area (Å²) in [5.41, 5.74) is 3.81. The summed E-state index contributed by atoms with van der Waals surface area (Å²) in [4.78, 5) is 12.6. The zero-order valence-corrected chi connectivity index (χ0v) is 20.5. The van der Waals surface area contributed by atoms with Crippen LogP contribution in [0.25, 0.3) is 11.1 Å². The third-order valence-electron chi connectivity index (χ3n) is 5.47. The molecule has 0 radical (unpaired) electrons. The molecule has 36 heavy (non-hydrogen) atoms. The predicted molar refractivity (Wildman–Crippen MR) is 140 cm³/mol. The number of aromatic nitrogens is 4. The number of benzene rings is 3. The first-order valence-electron chi connectivity index (χ1n) is 11.1. The fourth-order valence-corrected chi connectivity index (χ4v) is 4.14. The van der Waals surface area contributed by atoms with Gasteiger partial charge in [-0.15, -0.1) is 0 Å². The van der Waals surface area contributed by atoms with Crippen molar-refractivity contribution in [3.63, 3.8) is 0 Å². The monoisotopic (exact) mass is 517 g/mol. The second kappa shape index (κ2) is 10.7. The maximum atomic E-state index is 12.6. The van der Waals surface area contributed by atoms with Gasteiger partial charge >= 0.3 is 0 Å². The quantitative estimate of drug-likeness (QED) is 0.258. The third kappa shape index (κ3) is 5.59. The number of carbonyl (C=O) groups excluding carboxylic acids is 1. The van der Waals surface area contributed by atoms with Gasteiger partial charge in [-0.1, -0.05) is 71.7 Å². The molecule has 9 heteroatoms. The minimum atomic E-state index is -0.351. The number of halogens is 2.